The van der Waals surface area contributed by atoms with Crippen LogP contribution in [0.15, 0.2) is 42.6 Å². The molecule has 0 aliphatic heterocycles. The summed E-state index contributed by atoms with van der Waals surface area (Å²) < 4.78 is 5.28. The van der Waals surface area contributed by atoms with Crippen LogP contribution in [0.1, 0.15) is 0 Å². The first-order valence-electron chi connectivity index (χ1n) is 5.30. The van der Waals surface area contributed by atoms with Gasteiger partial charge in [-0.25, -0.2) is 0 Å². The number of hydrogen-bond donors (Lipinski definition) is 2. The molecule has 1 heterocycles. The molecule has 0 fully saturated rings. The second-order valence-electron chi connectivity index (χ2n) is 3.52. The van der Waals surface area contributed by atoms with Crippen molar-refractivity contribution in [3.05, 3.63) is 42.6 Å². The summed E-state index contributed by atoms with van der Waals surface area (Å²) in [5.41, 5.74) is 6.17. The average molecular weight is 244 g/mol. The number of nitrogens with one attached hydrogen (secondary N) is 1. The van der Waals surface area contributed by atoms with E-state index in [0.29, 0.717) is 17.3 Å². The number of carbonyl (C=O) groups excluding carboxylic acids is 1. The summed E-state index contributed by atoms with van der Waals surface area (Å²) >= 11 is 0. The Morgan fingerprint density at radius 1 is 1.33 bits per heavy atom. The normalized spacial score (nSPS) is 9.78. The van der Waals surface area contributed by atoms with Crippen LogP contribution < -0.4 is 15.8 Å². The molecule has 0 saturated heterocycles. The Labute approximate surface area is 104 Å². The molecule has 0 saturated carbocycles. The van der Waals surface area contributed by atoms with Crippen molar-refractivity contribution in [3.8, 4) is 5.75 Å². The molecule has 18 heavy (non-hydrogen) atoms. The van der Waals surface area contributed by atoms with Crippen LogP contribution in [0.25, 0.3) is 0 Å². The van der Waals surface area contributed by atoms with Crippen LogP contribution >= 0.6 is 0 Å². The van der Waals surface area contributed by atoms with Crippen LogP contribution in [0.3, 0.4) is 0 Å². The van der Waals surface area contributed by atoms with Crippen molar-refractivity contribution in [3.63, 3.8) is 0 Å². The standard InChI is InChI=1S/C12H12N4O2/c13-9-3-1-4-10(7-9)18-8-12(17)15-11-5-2-6-14-16-11/h1-7H,8,13H2,(H,15,16,17). The summed E-state index contributed by atoms with van der Waals surface area (Å²) in [6, 6.07) is 10.2. The number of benzene rings is 1. The molecule has 6 nitrogen and oxygen atoms in total. The van der Waals surface area contributed by atoms with Crippen LogP contribution in [0.2, 0.25) is 0 Å². The van der Waals surface area contributed by atoms with Crippen LogP contribution in [-0.4, -0.2) is 22.7 Å². The fourth-order valence-corrected chi connectivity index (χ4v) is 1.30. The van der Waals surface area contributed by atoms with E-state index in [2.05, 4.69) is 15.5 Å². The third kappa shape index (κ3) is 3.44. The molecule has 0 aliphatic rings. The van der Waals surface area contributed by atoms with Crippen molar-refractivity contribution in [2.45, 2.75) is 0 Å². The number of anilines is 2. The predicted octanol–water partition coefficient (Wildman–Crippen LogP) is 1.08. The minimum Gasteiger partial charge on any atom is -0.484 e. The molecule has 1 aromatic heterocycles. The first-order valence-corrected chi connectivity index (χ1v) is 5.30. The second kappa shape index (κ2) is 5.62. The van der Waals surface area contributed by atoms with E-state index in [-0.39, 0.29) is 12.5 Å². The summed E-state index contributed by atoms with van der Waals surface area (Å²) in [7, 11) is 0. The number of nitrogen functional groups attached to an aromatic ring is 1. The Balaban J connectivity index is 1.85. The third-order valence-corrected chi connectivity index (χ3v) is 2.07. The third-order valence-electron chi connectivity index (χ3n) is 2.07. The largest absolute Gasteiger partial charge is 0.484 e. The lowest BCUT2D eigenvalue weighted by Gasteiger charge is -2.06. The number of nitrogens with two attached hydrogens (primary N) is 1. The van der Waals surface area contributed by atoms with Crippen molar-refractivity contribution in [1.29, 1.82) is 0 Å². The molecule has 1 amide bonds. The summed E-state index contributed by atoms with van der Waals surface area (Å²) in [6.45, 7) is -0.111. The lowest BCUT2D eigenvalue weighted by Crippen LogP contribution is -2.20. The quantitative estimate of drug-likeness (QED) is 0.785. The topological polar surface area (TPSA) is 90.1 Å². The molecular weight excluding hydrogens is 232 g/mol. The highest BCUT2D eigenvalue weighted by Gasteiger charge is 2.04. The van der Waals surface area contributed by atoms with Crippen molar-refractivity contribution in [2.75, 3.05) is 17.7 Å². The number of amides is 1. The Morgan fingerprint density at radius 2 is 2.22 bits per heavy atom. The first kappa shape index (κ1) is 11.8. The van der Waals surface area contributed by atoms with Crippen LogP contribution in [0, 0.1) is 0 Å². The lowest BCUT2D eigenvalue weighted by molar-refractivity contribution is -0.118. The SMILES string of the molecule is Nc1cccc(OCC(=O)Nc2cccnn2)c1. The Hall–Kier alpha value is -2.63. The van der Waals surface area contributed by atoms with E-state index < -0.39 is 0 Å². The zero-order valence-corrected chi connectivity index (χ0v) is 9.54. The van der Waals surface area contributed by atoms with Gasteiger partial charge in [0.1, 0.15) is 5.75 Å². The van der Waals surface area contributed by atoms with E-state index in [1.165, 1.54) is 6.20 Å². The summed E-state index contributed by atoms with van der Waals surface area (Å²) in [5.74, 6) is 0.626. The fraction of sp³-hybridized carbons (Fsp3) is 0.0833. The fourth-order valence-electron chi connectivity index (χ4n) is 1.30. The zero-order valence-electron chi connectivity index (χ0n) is 9.54. The smallest absolute Gasteiger partial charge is 0.263 e. The van der Waals surface area contributed by atoms with Crippen molar-refractivity contribution < 1.29 is 9.53 Å². The van der Waals surface area contributed by atoms with E-state index in [4.69, 9.17) is 10.5 Å². The van der Waals surface area contributed by atoms with E-state index >= 15 is 0 Å². The first-order chi connectivity index (χ1) is 8.74. The highest BCUT2D eigenvalue weighted by molar-refractivity contribution is 5.90. The van der Waals surface area contributed by atoms with Gasteiger partial charge in [0.2, 0.25) is 0 Å². The molecule has 6 heteroatoms. The molecular formula is C12H12N4O2. The molecule has 2 rings (SSSR count). The zero-order chi connectivity index (χ0) is 12.8. The molecule has 0 aliphatic carbocycles. The molecule has 92 valence electrons. The van der Waals surface area contributed by atoms with E-state index in [1.807, 2.05) is 0 Å². The van der Waals surface area contributed by atoms with Crippen molar-refractivity contribution in [1.82, 2.24) is 10.2 Å². The maximum atomic E-state index is 11.5. The van der Waals surface area contributed by atoms with E-state index in [1.54, 1.807) is 36.4 Å². The molecule has 1 aromatic carbocycles. The minimum atomic E-state index is -0.307. The Morgan fingerprint density at radius 3 is 2.94 bits per heavy atom. The number of ether oxygens (including phenoxy) is 1. The molecule has 0 radical (unpaired) electrons. The average Bonchev–Trinajstić information content (AvgIpc) is 2.38. The van der Waals surface area contributed by atoms with Crippen molar-refractivity contribution in [2.24, 2.45) is 0 Å². The van der Waals surface area contributed by atoms with Gasteiger partial charge in [-0.1, -0.05) is 6.07 Å². The Kier molecular flexibility index (Phi) is 3.70. The van der Waals surface area contributed by atoms with Gasteiger partial charge < -0.3 is 15.8 Å². The van der Waals surface area contributed by atoms with E-state index in [0.717, 1.165) is 0 Å². The van der Waals surface area contributed by atoms with Crippen LogP contribution in [0.5, 0.6) is 5.75 Å². The van der Waals surface area contributed by atoms with Gasteiger partial charge >= 0.3 is 0 Å². The van der Waals surface area contributed by atoms with Gasteiger partial charge in [-0.3, -0.25) is 4.79 Å². The Bertz CT molecular complexity index is 531. The minimum absolute atomic E-state index is 0.111. The number of hydrogen-bond acceptors (Lipinski definition) is 5. The predicted molar refractivity (Wildman–Crippen MR) is 67.0 cm³/mol. The van der Waals surface area contributed by atoms with Gasteiger partial charge in [0, 0.05) is 18.0 Å². The number of nitrogens with zero attached hydrogens (tertiary/aromatic N) is 2. The van der Waals surface area contributed by atoms with Gasteiger partial charge in [-0.2, -0.15) is 5.10 Å². The highest BCUT2D eigenvalue weighted by atomic mass is 16.5. The number of rotatable bonds is 4. The molecule has 0 unspecified atom stereocenters. The molecule has 0 atom stereocenters. The van der Waals surface area contributed by atoms with Crippen LogP contribution in [-0.2, 0) is 4.79 Å². The maximum Gasteiger partial charge on any atom is 0.263 e. The van der Waals surface area contributed by atoms with Crippen molar-refractivity contribution >= 4 is 17.4 Å². The summed E-state index contributed by atoms with van der Waals surface area (Å²) in [5, 5.41) is 9.93. The second-order valence-corrected chi connectivity index (χ2v) is 3.52. The van der Waals surface area contributed by atoms with Gasteiger partial charge in [0.15, 0.2) is 12.4 Å². The van der Waals surface area contributed by atoms with Gasteiger partial charge in [0.25, 0.3) is 5.91 Å². The lowest BCUT2D eigenvalue weighted by atomic mass is 10.3. The summed E-state index contributed by atoms with van der Waals surface area (Å²) in [4.78, 5) is 11.5. The van der Waals surface area contributed by atoms with Gasteiger partial charge in [-0.15, -0.1) is 5.10 Å². The maximum absolute atomic E-state index is 11.5. The molecule has 0 bridgehead atoms. The number of carbonyl (C=O) groups is 1. The molecule has 0 spiro atoms. The highest BCUT2D eigenvalue weighted by Crippen LogP contribution is 2.14. The van der Waals surface area contributed by atoms with Gasteiger partial charge in [-0.05, 0) is 24.3 Å². The monoisotopic (exact) mass is 244 g/mol. The van der Waals surface area contributed by atoms with Gasteiger partial charge in [0.05, 0.1) is 0 Å². The number of aromatic nitrogens is 2. The van der Waals surface area contributed by atoms with Crippen LogP contribution in [0.4, 0.5) is 11.5 Å². The van der Waals surface area contributed by atoms with E-state index in [9.17, 15) is 4.79 Å². The molecule has 3 N–H and O–H groups in total. The molecule has 2 aromatic rings. The summed E-state index contributed by atoms with van der Waals surface area (Å²) in [6.07, 6.45) is 1.53.